The lowest BCUT2D eigenvalue weighted by Crippen LogP contribution is -2.31. The van der Waals surface area contributed by atoms with Gasteiger partial charge < -0.3 is 16.8 Å². The van der Waals surface area contributed by atoms with Crippen molar-refractivity contribution >= 4 is 28.8 Å². The summed E-state index contributed by atoms with van der Waals surface area (Å²) < 4.78 is 0. The van der Waals surface area contributed by atoms with E-state index in [2.05, 4.69) is 16.9 Å². The smallest absolute Gasteiger partial charge is 0.233 e. The van der Waals surface area contributed by atoms with Gasteiger partial charge in [0.05, 0.1) is 5.25 Å². The van der Waals surface area contributed by atoms with Crippen LogP contribution in [-0.4, -0.2) is 28.8 Å². The fourth-order valence-electron chi connectivity index (χ4n) is 0.681. The van der Waals surface area contributed by atoms with Gasteiger partial charge in [-0.3, -0.25) is 10.2 Å². The summed E-state index contributed by atoms with van der Waals surface area (Å²) in [7, 11) is 0. The van der Waals surface area contributed by atoms with Crippen LogP contribution in [-0.2, 0) is 4.79 Å². The molecule has 1 unspecified atom stereocenters. The summed E-state index contributed by atoms with van der Waals surface area (Å²) in [5.41, 5.74) is 10.2. The number of aliphatic imine (C=N–C) groups is 1. The van der Waals surface area contributed by atoms with Gasteiger partial charge in [0.15, 0.2) is 11.1 Å². The zero-order valence-corrected chi connectivity index (χ0v) is 9.30. The van der Waals surface area contributed by atoms with Gasteiger partial charge in [0, 0.05) is 6.54 Å². The maximum Gasteiger partial charge on any atom is 0.233 e. The van der Waals surface area contributed by atoms with Crippen LogP contribution in [0.2, 0.25) is 0 Å². The number of amidine groups is 1. The van der Waals surface area contributed by atoms with Crippen molar-refractivity contribution in [3.63, 3.8) is 0 Å². The first-order valence-electron chi connectivity index (χ1n) is 4.20. The van der Waals surface area contributed by atoms with E-state index in [1.165, 1.54) is 0 Å². The fraction of sp³-hybridized carbons (Fsp3) is 0.375. The van der Waals surface area contributed by atoms with Crippen LogP contribution in [0, 0.1) is 5.41 Å². The maximum absolute atomic E-state index is 11.3. The Morgan fingerprint density at radius 2 is 2.33 bits per heavy atom. The van der Waals surface area contributed by atoms with E-state index in [-0.39, 0.29) is 17.0 Å². The summed E-state index contributed by atoms with van der Waals surface area (Å²) in [5.74, 6) is -0.373. The van der Waals surface area contributed by atoms with Gasteiger partial charge in [-0.2, -0.15) is 4.99 Å². The normalized spacial score (nSPS) is 11.3. The van der Waals surface area contributed by atoms with E-state index in [4.69, 9.17) is 16.9 Å². The predicted octanol–water partition coefficient (Wildman–Crippen LogP) is -0.382. The van der Waals surface area contributed by atoms with Crippen LogP contribution in [0.1, 0.15) is 6.92 Å². The molecule has 0 aromatic rings. The van der Waals surface area contributed by atoms with Crippen LogP contribution in [0.3, 0.4) is 0 Å². The third-order valence-electron chi connectivity index (χ3n) is 1.31. The van der Waals surface area contributed by atoms with E-state index in [1.807, 2.05) is 0 Å². The van der Waals surface area contributed by atoms with E-state index >= 15 is 0 Å². The highest BCUT2D eigenvalue weighted by Crippen LogP contribution is 2.12. The number of guanidine groups is 1. The molecule has 0 heterocycles. The fourth-order valence-corrected chi connectivity index (χ4v) is 1.36. The van der Waals surface area contributed by atoms with E-state index in [1.54, 1.807) is 13.0 Å². The molecule has 6 N–H and O–H groups in total. The van der Waals surface area contributed by atoms with Gasteiger partial charge in [-0.1, -0.05) is 17.8 Å². The van der Waals surface area contributed by atoms with Crippen molar-refractivity contribution in [3.8, 4) is 0 Å². The number of nitrogens with two attached hydrogens (primary N) is 2. The minimum atomic E-state index is -0.416. The van der Waals surface area contributed by atoms with E-state index in [0.717, 1.165) is 11.8 Å². The van der Waals surface area contributed by atoms with Gasteiger partial charge >= 0.3 is 0 Å². The number of carbonyl (C=O) groups excluding carboxylic acids is 1. The number of nitrogens with one attached hydrogen (secondary N) is 2. The first kappa shape index (κ1) is 13.5. The Morgan fingerprint density at radius 1 is 1.73 bits per heavy atom. The van der Waals surface area contributed by atoms with Crippen molar-refractivity contribution in [2.24, 2.45) is 16.5 Å². The third-order valence-corrected chi connectivity index (χ3v) is 2.19. The molecule has 0 aromatic heterocycles. The quantitative estimate of drug-likeness (QED) is 0.298. The van der Waals surface area contributed by atoms with Gasteiger partial charge in [-0.15, -0.1) is 6.58 Å². The molecule has 0 aliphatic heterocycles. The zero-order chi connectivity index (χ0) is 11.8. The van der Waals surface area contributed by atoms with Gasteiger partial charge in [0.1, 0.15) is 0 Å². The molecular formula is C8H15N5OS. The molecule has 0 fully saturated rings. The number of carbonyl (C=O) groups is 1. The topological polar surface area (TPSA) is 117 Å². The van der Waals surface area contributed by atoms with Gasteiger partial charge in [0.2, 0.25) is 5.91 Å². The van der Waals surface area contributed by atoms with Gasteiger partial charge in [-0.05, 0) is 6.92 Å². The molecule has 0 rings (SSSR count). The molecule has 0 spiro atoms. The average Bonchev–Trinajstić information content (AvgIpc) is 2.12. The third kappa shape index (κ3) is 6.55. The number of hydrogen-bond acceptors (Lipinski definition) is 3. The summed E-state index contributed by atoms with van der Waals surface area (Å²) in [6, 6.07) is 0. The summed E-state index contributed by atoms with van der Waals surface area (Å²) in [4.78, 5) is 14.8. The summed E-state index contributed by atoms with van der Waals surface area (Å²) in [6.07, 6.45) is 1.58. The van der Waals surface area contributed by atoms with Crippen LogP contribution in [0.5, 0.6) is 0 Å². The van der Waals surface area contributed by atoms with Gasteiger partial charge in [-0.25, -0.2) is 0 Å². The Kier molecular flexibility index (Phi) is 6.19. The van der Waals surface area contributed by atoms with Crippen LogP contribution in [0.25, 0.3) is 0 Å². The highest BCUT2D eigenvalue weighted by molar-refractivity contribution is 8.14. The van der Waals surface area contributed by atoms with Crippen LogP contribution in [0.4, 0.5) is 0 Å². The number of rotatable bonds is 4. The molecule has 0 aliphatic rings. The molecule has 7 heteroatoms. The molecule has 1 amide bonds. The Hall–Kier alpha value is -1.50. The van der Waals surface area contributed by atoms with Crippen LogP contribution < -0.4 is 16.8 Å². The SMILES string of the molecule is C=CCNC(=O)C(C)SC(=N)N=C(N)N. The second-order valence-corrected chi connectivity index (χ2v) is 3.97. The van der Waals surface area contributed by atoms with Gasteiger partial charge in [0.25, 0.3) is 0 Å². The van der Waals surface area contributed by atoms with Crippen molar-refractivity contribution in [2.75, 3.05) is 6.54 Å². The van der Waals surface area contributed by atoms with Crippen molar-refractivity contribution in [2.45, 2.75) is 12.2 Å². The molecular weight excluding hydrogens is 214 g/mol. The molecule has 0 saturated carbocycles. The predicted molar refractivity (Wildman–Crippen MR) is 63.8 cm³/mol. The first-order chi connectivity index (χ1) is 6.97. The van der Waals surface area contributed by atoms with E-state index < -0.39 is 5.25 Å². The Balaban J connectivity index is 4.07. The first-order valence-corrected chi connectivity index (χ1v) is 5.08. The van der Waals surface area contributed by atoms with Crippen molar-refractivity contribution in [1.29, 1.82) is 5.41 Å². The molecule has 0 radical (unpaired) electrons. The number of thioether (sulfide) groups is 1. The second kappa shape index (κ2) is 6.88. The average molecular weight is 229 g/mol. The minimum Gasteiger partial charge on any atom is -0.370 e. The second-order valence-electron chi connectivity index (χ2n) is 2.64. The molecule has 84 valence electrons. The van der Waals surface area contributed by atoms with Crippen molar-refractivity contribution in [3.05, 3.63) is 12.7 Å². The standard InChI is InChI=1S/C8H15N5OS/c1-3-4-12-6(14)5(2)15-8(11)13-7(9)10/h3,5H,1,4H2,2H3,(H,12,14)(H5,9,10,11,13). The lowest BCUT2D eigenvalue weighted by atomic mass is 10.4. The van der Waals surface area contributed by atoms with Crippen molar-refractivity contribution < 1.29 is 4.79 Å². The summed E-state index contributed by atoms with van der Waals surface area (Å²) in [5, 5.41) is 9.44. The Morgan fingerprint density at radius 3 is 2.80 bits per heavy atom. The molecule has 15 heavy (non-hydrogen) atoms. The molecule has 0 aliphatic carbocycles. The lowest BCUT2D eigenvalue weighted by Gasteiger charge is -2.09. The molecule has 6 nitrogen and oxygen atoms in total. The largest absolute Gasteiger partial charge is 0.370 e. The highest BCUT2D eigenvalue weighted by atomic mass is 32.2. The Bertz CT molecular complexity index is 285. The number of nitrogens with zero attached hydrogens (tertiary/aromatic N) is 1. The molecule has 0 bridgehead atoms. The van der Waals surface area contributed by atoms with Crippen LogP contribution >= 0.6 is 11.8 Å². The summed E-state index contributed by atoms with van der Waals surface area (Å²) in [6.45, 7) is 5.54. The van der Waals surface area contributed by atoms with E-state index in [0.29, 0.717) is 6.54 Å². The summed E-state index contributed by atoms with van der Waals surface area (Å²) >= 11 is 0.976. The Labute approximate surface area is 92.7 Å². The molecule has 1 atom stereocenters. The van der Waals surface area contributed by atoms with E-state index in [9.17, 15) is 4.79 Å². The number of amides is 1. The number of hydrogen-bond donors (Lipinski definition) is 4. The van der Waals surface area contributed by atoms with Crippen molar-refractivity contribution in [1.82, 2.24) is 5.32 Å². The lowest BCUT2D eigenvalue weighted by molar-refractivity contribution is -0.120. The maximum atomic E-state index is 11.3. The monoisotopic (exact) mass is 229 g/mol. The van der Waals surface area contributed by atoms with Crippen LogP contribution in [0.15, 0.2) is 17.6 Å². The molecule has 0 saturated heterocycles. The minimum absolute atomic E-state index is 0.0868. The zero-order valence-electron chi connectivity index (χ0n) is 8.49. The highest BCUT2D eigenvalue weighted by Gasteiger charge is 2.14. The molecule has 0 aromatic carbocycles.